The number of aryl methyl sites for hydroxylation is 1. The SMILES string of the molecule is CCNc1cc(NCC(CC)CCO)nc(CC)n1. The predicted octanol–water partition coefficient (Wildman–Crippen LogP) is 2.29. The van der Waals surface area contributed by atoms with Gasteiger partial charge in [-0.25, -0.2) is 9.97 Å². The molecule has 1 rings (SSSR count). The summed E-state index contributed by atoms with van der Waals surface area (Å²) in [5.41, 5.74) is 0. The average Bonchev–Trinajstić information content (AvgIpc) is 2.43. The molecular formula is C14H26N4O. The number of rotatable bonds is 9. The van der Waals surface area contributed by atoms with Gasteiger partial charge in [-0.2, -0.15) is 0 Å². The van der Waals surface area contributed by atoms with Crippen molar-refractivity contribution in [2.75, 3.05) is 30.3 Å². The zero-order chi connectivity index (χ0) is 14.1. The minimum absolute atomic E-state index is 0.243. The Kier molecular flexibility index (Phi) is 7.18. The third-order valence-electron chi connectivity index (χ3n) is 3.13. The third kappa shape index (κ3) is 5.42. The Balaban J connectivity index is 2.67. The first-order valence-electron chi connectivity index (χ1n) is 7.19. The average molecular weight is 266 g/mol. The molecule has 3 N–H and O–H groups in total. The first-order chi connectivity index (χ1) is 9.23. The van der Waals surface area contributed by atoms with E-state index in [0.717, 1.165) is 49.8 Å². The smallest absolute Gasteiger partial charge is 0.132 e. The van der Waals surface area contributed by atoms with E-state index in [-0.39, 0.29) is 6.61 Å². The molecule has 0 spiro atoms. The molecule has 108 valence electrons. The van der Waals surface area contributed by atoms with Crippen molar-refractivity contribution in [1.82, 2.24) is 9.97 Å². The minimum atomic E-state index is 0.243. The number of nitrogens with one attached hydrogen (secondary N) is 2. The Morgan fingerprint density at radius 1 is 1.16 bits per heavy atom. The van der Waals surface area contributed by atoms with Crippen molar-refractivity contribution in [2.45, 2.75) is 40.0 Å². The quantitative estimate of drug-likeness (QED) is 0.640. The van der Waals surface area contributed by atoms with Crippen LogP contribution in [0.1, 0.15) is 39.4 Å². The molecule has 1 unspecified atom stereocenters. The van der Waals surface area contributed by atoms with Crippen LogP contribution in [0.2, 0.25) is 0 Å². The second-order valence-electron chi connectivity index (χ2n) is 4.61. The normalized spacial score (nSPS) is 12.2. The van der Waals surface area contributed by atoms with Gasteiger partial charge in [0.1, 0.15) is 17.5 Å². The van der Waals surface area contributed by atoms with E-state index in [4.69, 9.17) is 5.11 Å². The summed E-state index contributed by atoms with van der Waals surface area (Å²) in [6.07, 6.45) is 2.70. The van der Waals surface area contributed by atoms with E-state index < -0.39 is 0 Å². The Bertz CT molecular complexity index is 370. The van der Waals surface area contributed by atoms with Gasteiger partial charge in [-0.1, -0.05) is 20.3 Å². The summed E-state index contributed by atoms with van der Waals surface area (Å²) in [5.74, 6) is 3.05. The highest BCUT2D eigenvalue weighted by Crippen LogP contribution is 2.14. The van der Waals surface area contributed by atoms with Gasteiger partial charge >= 0.3 is 0 Å². The fraction of sp³-hybridized carbons (Fsp3) is 0.714. The molecule has 0 saturated carbocycles. The van der Waals surface area contributed by atoms with Gasteiger partial charge in [0.15, 0.2) is 0 Å². The molecule has 5 heteroatoms. The highest BCUT2D eigenvalue weighted by molar-refractivity contribution is 5.47. The van der Waals surface area contributed by atoms with E-state index in [1.54, 1.807) is 0 Å². The van der Waals surface area contributed by atoms with Crippen molar-refractivity contribution in [1.29, 1.82) is 0 Å². The molecular weight excluding hydrogens is 240 g/mol. The number of aromatic nitrogens is 2. The van der Waals surface area contributed by atoms with Crippen LogP contribution in [0.3, 0.4) is 0 Å². The number of hydrogen-bond acceptors (Lipinski definition) is 5. The molecule has 0 bridgehead atoms. The van der Waals surface area contributed by atoms with E-state index in [0.29, 0.717) is 5.92 Å². The lowest BCUT2D eigenvalue weighted by Crippen LogP contribution is -2.16. The van der Waals surface area contributed by atoms with Crippen molar-refractivity contribution >= 4 is 11.6 Å². The molecule has 1 atom stereocenters. The zero-order valence-electron chi connectivity index (χ0n) is 12.2. The van der Waals surface area contributed by atoms with Crippen molar-refractivity contribution in [3.63, 3.8) is 0 Å². The lowest BCUT2D eigenvalue weighted by molar-refractivity contribution is 0.258. The van der Waals surface area contributed by atoms with Crippen LogP contribution in [0.15, 0.2) is 6.07 Å². The molecule has 1 heterocycles. The molecule has 0 aliphatic carbocycles. The molecule has 5 nitrogen and oxygen atoms in total. The van der Waals surface area contributed by atoms with Crippen LogP contribution < -0.4 is 10.6 Å². The predicted molar refractivity (Wildman–Crippen MR) is 79.5 cm³/mol. The zero-order valence-corrected chi connectivity index (χ0v) is 12.2. The van der Waals surface area contributed by atoms with Crippen LogP contribution in [-0.4, -0.2) is 34.8 Å². The van der Waals surface area contributed by atoms with Gasteiger partial charge in [0, 0.05) is 32.2 Å². The van der Waals surface area contributed by atoms with E-state index >= 15 is 0 Å². The molecule has 0 saturated heterocycles. The largest absolute Gasteiger partial charge is 0.396 e. The Labute approximate surface area is 115 Å². The topological polar surface area (TPSA) is 70.1 Å². The van der Waals surface area contributed by atoms with E-state index in [1.807, 2.05) is 6.07 Å². The number of aliphatic hydroxyl groups is 1. The minimum Gasteiger partial charge on any atom is -0.396 e. The monoisotopic (exact) mass is 266 g/mol. The second kappa shape index (κ2) is 8.69. The number of nitrogens with zero attached hydrogens (tertiary/aromatic N) is 2. The molecule has 0 aromatic carbocycles. The molecule has 19 heavy (non-hydrogen) atoms. The van der Waals surface area contributed by atoms with Gasteiger partial charge in [-0.05, 0) is 19.3 Å². The van der Waals surface area contributed by atoms with Crippen molar-refractivity contribution < 1.29 is 5.11 Å². The van der Waals surface area contributed by atoms with Gasteiger partial charge < -0.3 is 15.7 Å². The molecule has 1 aromatic heterocycles. The van der Waals surface area contributed by atoms with Gasteiger partial charge in [0.2, 0.25) is 0 Å². The van der Waals surface area contributed by atoms with Crippen LogP contribution in [0.5, 0.6) is 0 Å². The van der Waals surface area contributed by atoms with Crippen LogP contribution >= 0.6 is 0 Å². The van der Waals surface area contributed by atoms with Crippen LogP contribution in [0.4, 0.5) is 11.6 Å². The lowest BCUT2D eigenvalue weighted by Gasteiger charge is -2.15. The fourth-order valence-corrected chi connectivity index (χ4v) is 1.90. The number of hydrogen-bond donors (Lipinski definition) is 3. The highest BCUT2D eigenvalue weighted by Gasteiger charge is 2.07. The Hall–Kier alpha value is -1.36. The summed E-state index contributed by atoms with van der Waals surface area (Å²) in [7, 11) is 0. The maximum Gasteiger partial charge on any atom is 0.132 e. The molecule has 1 aromatic rings. The summed E-state index contributed by atoms with van der Waals surface area (Å²) in [6, 6.07) is 1.94. The standard InChI is InChI=1S/C14H26N4O/c1-4-11(7-8-19)10-16-14-9-13(15-6-3)17-12(5-2)18-14/h9,11,19H,4-8,10H2,1-3H3,(H2,15,16,17,18). The van der Waals surface area contributed by atoms with Gasteiger partial charge in [0.05, 0.1) is 0 Å². The summed E-state index contributed by atoms with van der Waals surface area (Å²) in [6.45, 7) is 8.17. The lowest BCUT2D eigenvalue weighted by atomic mass is 10.0. The first kappa shape index (κ1) is 15.7. The highest BCUT2D eigenvalue weighted by atomic mass is 16.3. The summed E-state index contributed by atoms with van der Waals surface area (Å²) in [4.78, 5) is 8.90. The van der Waals surface area contributed by atoms with Gasteiger partial charge in [-0.15, -0.1) is 0 Å². The Morgan fingerprint density at radius 3 is 2.37 bits per heavy atom. The fourth-order valence-electron chi connectivity index (χ4n) is 1.90. The van der Waals surface area contributed by atoms with E-state index in [9.17, 15) is 0 Å². The summed E-state index contributed by atoms with van der Waals surface area (Å²) in [5, 5.41) is 15.6. The maximum atomic E-state index is 9.00. The first-order valence-corrected chi connectivity index (χ1v) is 7.19. The Morgan fingerprint density at radius 2 is 1.84 bits per heavy atom. The number of aliphatic hydroxyl groups excluding tert-OH is 1. The van der Waals surface area contributed by atoms with Crippen LogP contribution in [0, 0.1) is 5.92 Å². The maximum absolute atomic E-state index is 9.00. The molecule has 0 radical (unpaired) electrons. The molecule has 0 aliphatic rings. The van der Waals surface area contributed by atoms with Crippen molar-refractivity contribution in [3.8, 4) is 0 Å². The van der Waals surface area contributed by atoms with Crippen LogP contribution in [-0.2, 0) is 6.42 Å². The van der Waals surface area contributed by atoms with Gasteiger partial charge in [-0.3, -0.25) is 0 Å². The van der Waals surface area contributed by atoms with Crippen molar-refractivity contribution in [3.05, 3.63) is 11.9 Å². The van der Waals surface area contributed by atoms with E-state index in [2.05, 4.69) is 41.4 Å². The third-order valence-corrected chi connectivity index (χ3v) is 3.13. The molecule has 0 amide bonds. The second-order valence-corrected chi connectivity index (χ2v) is 4.61. The van der Waals surface area contributed by atoms with Crippen LogP contribution in [0.25, 0.3) is 0 Å². The molecule has 0 aliphatic heterocycles. The molecule has 0 fully saturated rings. The van der Waals surface area contributed by atoms with Gasteiger partial charge in [0.25, 0.3) is 0 Å². The number of anilines is 2. The van der Waals surface area contributed by atoms with E-state index in [1.165, 1.54) is 0 Å². The van der Waals surface area contributed by atoms with Crippen molar-refractivity contribution in [2.24, 2.45) is 5.92 Å². The summed E-state index contributed by atoms with van der Waals surface area (Å²) >= 11 is 0. The summed E-state index contributed by atoms with van der Waals surface area (Å²) < 4.78 is 0.